The van der Waals surface area contributed by atoms with Crippen LogP contribution in [0.25, 0.3) is 6.08 Å². The molecule has 158 valence electrons. The molecule has 2 aromatic rings. The van der Waals surface area contributed by atoms with Crippen molar-refractivity contribution in [1.29, 1.82) is 0 Å². The number of ketones is 1. The highest BCUT2D eigenvalue weighted by Gasteiger charge is 2.23. The van der Waals surface area contributed by atoms with Gasteiger partial charge < -0.3 is 19.0 Å². The van der Waals surface area contributed by atoms with Crippen molar-refractivity contribution >= 4 is 45.4 Å². The van der Waals surface area contributed by atoms with Crippen LogP contribution in [0.1, 0.15) is 23.0 Å². The summed E-state index contributed by atoms with van der Waals surface area (Å²) in [5, 5.41) is 0. The van der Waals surface area contributed by atoms with Crippen molar-refractivity contribution in [3.05, 3.63) is 58.2 Å². The van der Waals surface area contributed by atoms with E-state index in [1.807, 2.05) is 4.90 Å². The van der Waals surface area contributed by atoms with Gasteiger partial charge in [0.25, 0.3) is 5.91 Å². The number of piperazine rings is 1. The first-order valence-electron chi connectivity index (χ1n) is 9.27. The van der Waals surface area contributed by atoms with Gasteiger partial charge in [0, 0.05) is 37.8 Å². The molecule has 9 heteroatoms. The molecule has 0 aliphatic carbocycles. The van der Waals surface area contributed by atoms with Crippen molar-refractivity contribution in [2.75, 3.05) is 37.7 Å². The second-order valence-corrected chi connectivity index (χ2v) is 7.45. The molecule has 1 aliphatic heterocycles. The third-order valence-electron chi connectivity index (χ3n) is 4.64. The molecule has 1 aliphatic rings. The van der Waals surface area contributed by atoms with E-state index in [1.54, 1.807) is 29.2 Å². The molecule has 0 spiro atoms. The van der Waals surface area contributed by atoms with E-state index in [1.165, 1.54) is 25.1 Å². The van der Waals surface area contributed by atoms with Crippen molar-refractivity contribution in [2.45, 2.75) is 6.92 Å². The van der Waals surface area contributed by atoms with E-state index in [2.05, 4.69) is 15.9 Å². The van der Waals surface area contributed by atoms with Crippen molar-refractivity contribution in [3.63, 3.8) is 0 Å². The van der Waals surface area contributed by atoms with Crippen LogP contribution >= 0.6 is 15.9 Å². The minimum atomic E-state index is -0.651. The predicted molar refractivity (Wildman–Crippen MR) is 112 cm³/mol. The minimum absolute atomic E-state index is 0.197. The Morgan fingerprint density at radius 1 is 1.17 bits per heavy atom. The summed E-state index contributed by atoms with van der Waals surface area (Å²) in [5.74, 6) is -1.15. The number of Topliss-reactive ketones (excluding diaryl/α,β-unsaturated/α-hetero) is 1. The Hall–Kier alpha value is -2.94. The lowest BCUT2D eigenvalue weighted by Gasteiger charge is -2.36. The zero-order chi connectivity index (χ0) is 21.7. The Morgan fingerprint density at radius 2 is 1.90 bits per heavy atom. The summed E-state index contributed by atoms with van der Waals surface area (Å²) < 4.78 is 25.1. The number of halogens is 2. The highest BCUT2D eigenvalue weighted by Crippen LogP contribution is 2.22. The van der Waals surface area contributed by atoms with Crippen LogP contribution in [-0.2, 0) is 14.3 Å². The molecule has 30 heavy (non-hydrogen) atoms. The molecular formula is C21H20BrFN2O5. The van der Waals surface area contributed by atoms with Gasteiger partial charge in [0.1, 0.15) is 11.6 Å². The average Bonchev–Trinajstić information content (AvgIpc) is 3.15. The van der Waals surface area contributed by atoms with E-state index >= 15 is 0 Å². The Balaban J connectivity index is 1.46. The van der Waals surface area contributed by atoms with E-state index < -0.39 is 11.8 Å². The highest BCUT2D eigenvalue weighted by atomic mass is 79.9. The molecule has 3 rings (SSSR count). The molecule has 0 unspecified atom stereocenters. The number of esters is 1. The number of hydrogen-bond donors (Lipinski definition) is 0. The van der Waals surface area contributed by atoms with E-state index in [0.29, 0.717) is 47.9 Å². The third kappa shape index (κ3) is 5.56. The highest BCUT2D eigenvalue weighted by molar-refractivity contribution is 9.10. The third-order valence-corrected chi connectivity index (χ3v) is 5.07. The van der Waals surface area contributed by atoms with Crippen LogP contribution in [0.15, 0.2) is 45.5 Å². The van der Waals surface area contributed by atoms with Crippen LogP contribution in [0.4, 0.5) is 10.1 Å². The fourth-order valence-electron chi connectivity index (χ4n) is 3.02. The predicted octanol–water partition coefficient (Wildman–Crippen LogP) is 3.29. The average molecular weight is 479 g/mol. The van der Waals surface area contributed by atoms with Crippen LogP contribution in [-0.4, -0.2) is 55.3 Å². The number of nitrogens with zero attached hydrogens (tertiary/aromatic N) is 2. The van der Waals surface area contributed by atoms with Crippen LogP contribution < -0.4 is 4.90 Å². The molecule has 1 aromatic heterocycles. The zero-order valence-electron chi connectivity index (χ0n) is 16.3. The number of furan rings is 1. The van der Waals surface area contributed by atoms with Gasteiger partial charge in [-0.15, -0.1) is 0 Å². The van der Waals surface area contributed by atoms with Crippen LogP contribution in [0.2, 0.25) is 0 Å². The van der Waals surface area contributed by atoms with Crippen LogP contribution in [0.5, 0.6) is 0 Å². The van der Waals surface area contributed by atoms with E-state index in [0.717, 1.165) is 0 Å². The van der Waals surface area contributed by atoms with Crippen molar-refractivity contribution in [3.8, 4) is 0 Å². The Bertz CT molecular complexity index is 980. The molecule has 1 amide bonds. The maximum atomic E-state index is 14.3. The van der Waals surface area contributed by atoms with Crippen LogP contribution in [0, 0.1) is 5.82 Å². The number of anilines is 1. The number of hydrogen-bond acceptors (Lipinski definition) is 6. The summed E-state index contributed by atoms with van der Waals surface area (Å²) in [6, 6.07) is 7.76. The van der Waals surface area contributed by atoms with Crippen LogP contribution in [0.3, 0.4) is 0 Å². The number of rotatable bonds is 6. The van der Waals surface area contributed by atoms with Gasteiger partial charge >= 0.3 is 5.97 Å². The SMILES string of the molecule is CC(=O)c1ccc(N2CCN(C(=O)COC(=O)/C=C/c3ccc(Br)o3)CC2)c(F)c1. The maximum Gasteiger partial charge on any atom is 0.331 e. The van der Waals surface area contributed by atoms with E-state index in [9.17, 15) is 18.8 Å². The Labute approximate surface area is 181 Å². The second-order valence-electron chi connectivity index (χ2n) is 6.67. The van der Waals surface area contributed by atoms with Crippen molar-refractivity contribution in [2.24, 2.45) is 0 Å². The normalized spacial score (nSPS) is 14.2. The fraction of sp³-hybridized carbons (Fsp3) is 0.286. The van der Waals surface area contributed by atoms with Gasteiger partial charge in [-0.05, 0) is 59.3 Å². The fourth-order valence-corrected chi connectivity index (χ4v) is 3.34. The molecule has 7 nitrogen and oxygen atoms in total. The Kier molecular flexibility index (Phi) is 7.04. The first-order chi connectivity index (χ1) is 14.3. The minimum Gasteiger partial charge on any atom is -0.452 e. The lowest BCUT2D eigenvalue weighted by Crippen LogP contribution is -2.50. The standard InChI is InChI=1S/C21H20BrFN2O5/c1-14(26)15-2-5-18(17(23)12-15)24-8-10-25(11-9-24)20(27)13-29-21(28)7-4-16-3-6-19(22)30-16/h2-7,12H,8-11,13H2,1H3/b7-4+. The smallest absolute Gasteiger partial charge is 0.331 e. The number of carbonyl (C=O) groups is 3. The van der Waals surface area contributed by atoms with Crippen molar-refractivity contribution < 1.29 is 27.9 Å². The summed E-state index contributed by atoms with van der Waals surface area (Å²) in [6.07, 6.45) is 2.63. The van der Waals surface area contributed by atoms with Gasteiger partial charge in [0.15, 0.2) is 17.1 Å². The maximum absolute atomic E-state index is 14.3. The van der Waals surface area contributed by atoms with Crippen molar-refractivity contribution in [1.82, 2.24) is 4.90 Å². The topological polar surface area (TPSA) is 80.1 Å². The number of benzene rings is 1. The zero-order valence-corrected chi connectivity index (χ0v) is 17.9. The first kappa shape index (κ1) is 21.8. The molecule has 0 saturated carbocycles. The summed E-state index contributed by atoms with van der Waals surface area (Å²) in [6.45, 7) is 2.64. The second kappa shape index (κ2) is 9.71. The molecule has 0 bridgehead atoms. The number of carbonyl (C=O) groups excluding carboxylic acids is 3. The molecule has 0 N–H and O–H groups in total. The Morgan fingerprint density at radius 3 is 2.50 bits per heavy atom. The van der Waals surface area contributed by atoms with E-state index in [4.69, 9.17) is 9.15 Å². The number of ether oxygens (including phenoxy) is 1. The van der Waals surface area contributed by atoms with E-state index in [-0.39, 0.29) is 18.3 Å². The summed E-state index contributed by atoms with van der Waals surface area (Å²) in [4.78, 5) is 38.8. The number of amides is 1. The molecule has 0 atom stereocenters. The molecule has 1 aromatic carbocycles. The quantitative estimate of drug-likeness (QED) is 0.360. The molecule has 2 heterocycles. The van der Waals surface area contributed by atoms with Gasteiger partial charge in [0.05, 0.1) is 5.69 Å². The molecule has 0 radical (unpaired) electrons. The van der Waals surface area contributed by atoms with Gasteiger partial charge in [-0.2, -0.15) is 0 Å². The summed E-state index contributed by atoms with van der Waals surface area (Å²) in [5.41, 5.74) is 0.717. The van der Waals surface area contributed by atoms with Gasteiger partial charge in [-0.25, -0.2) is 9.18 Å². The van der Waals surface area contributed by atoms with Gasteiger partial charge in [0.2, 0.25) is 0 Å². The molecule has 1 fully saturated rings. The molecule has 1 saturated heterocycles. The largest absolute Gasteiger partial charge is 0.452 e. The lowest BCUT2D eigenvalue weighted by atomic mass is 10.1. The first-order valence-corrected chi connectivity index (χ1v) is 10.1. The summed E-state index contributed by atoms with van der Waals surface area (Å²) in [7, 11) is 0. The monoisotopic (exact) mass is 478 g/mol. The lowest BCUT2D eigenvalue weighted by molar-refractivity contribution is -0.148. The molecular weight excluding hydrogens is 459 g/mol. The van der Waals surface area contributed by atoms with Gasteiger partial charge in [-0.3, -0.25) is 9.59 Å². The summed E-state index contributed by atoms with van der Waals surface area (Å²) >= 11 is 3.16. The van der Waals surface area contributed by atoms with Gasteiger partial charge in [-0.1, -0.05) is 0 Å².